The fraction of sp³-hybridized carbons (Fsp3) is 0.526. The Morgan fingerprint density at radius 2 is 1.52 bits per heavy atom. The van der Waals surface area contributed by atoms with Gasteiger partial charge in [-0.25, -0.2) is 5.48 Å². The molecule has 0 aromatic heterocycles. The Morgan fingerprint density at radius 3 is 2.07 bits per heavy atom. The molecule has 1 aromatic carbocycles. The molecule has 0 saturated carbocycles. The van der Waals surface area contributed by atoms with Crippen LogP contribution in [0.5, 0.6) is 0 Å². The summed E-state index contributed by atoms with van der Waals surface area (Å²) in [5.74, 6) is -0.470. The van der Waals surface area contributed by atoms with Gasteiger partial charge in [-0.2, -0.15) is 0 Å². The van der Waals surface area contributed by atoms with Gasteiger partial charge in [0.2, 0.25) is 17.7 Å². The minimum Gasteiger partial charge on any atom is -0.326 e. The fourth-order valence-corrected chi connectivity index (χ4v) is 2.98. The molecule has 1 aromatic rings. The van der Waals surface area contributed by atoms with E-state index in [4.69, 9.17) is 5.21 Å². The number of carbonyl (C=O) groups is 3. The Morgan fingerprint density at radius 1 is 0.926 bits per heavy atom. The van der Waals surface area contributed by atoms with Gasteiger partial charge in [-0.3, -0.25) is 19.6 Å². The first-order valence-corrected chi connectivity index (χ1v) is 9.45. The van der Waals surface area contributed by atoms with Crippen molar-refractivity contribution in [2.75, 3.05) is 17.2 Å². The molecule has 0 bridgehead atoms. The molecule has 148 valence electrons. The standard InChI is InChI=1S/C19H28N4O4/c24-17(7-3-1-2-4-8-18(25)23-27)21-14-9-11-15(12-10-14)22-19(26)16-6-5-13-20-16/h9-12,16,20,27H,1-8,13H2,(H,21,24)(H,22,26)(H,23,25). The third kappa shape index (κ3) is 7.76. The summed E-state index contributed by atoms with van der Waals surface area (Å²) in [7, 11) is 0. The van der Waals surface area contributed by atoms with Crippen molar-refractivity contribution in [2.45, 2.75) is 57.4 Å². The number of hydrogen-bond acceptors (Lipinski definition) is 5. The third-order valence-electron chi connectivity index (χ3n) is 4.50. The number of nitrogens with one attached hydrogen (secondary N) is 4. The van der Waals surface area contributed by atoms with Crippen LogP contribution in [0.2, 0.25) is 0 Å². The summed E-state index contributed by atoms with van der Waals surface area (Å²) < 4.78 is 0. The molecule has 1 aliphatic rings. The van der Waals surface area contributed by atoms with Crippen LogP contribution in [0.1, 0.15) is 51.4 Å². The van der Waals surface area contributed by atoms with Crippen LogP contribution in [0, 0.1) is 0 Å². The topological polar surface area (TPSA) is 120 Å². The lowest BCUT2D eigenvalue weighted by molar-refractivity contribution is -0.129. The van der Waals surface area contributed by atoms with E-state index in [2.05, 4.69) is 16.0 Å². The molecule has 0 spiro atoms. The molecule has 1 heterocycles. The fourth-order valence-electron chi connectivity index (χ4n) is 2.98. The van der Waals surface area contributed by atoms with Gasteiger partial charge in [0.25, 0.3) is 0 Å². The molecule has 2 rings (SSSR count). The van der Waals surface area contributed by atoms with Crippen LogP contribution in [0.4, 0.5) is 11.4 Å². The highest BCUT2D eigenvalue weighted by Crippen LogP contribution is 2.16. The predicted octanol–water partition coefficient (Wildman–Crippen LogP) is 2.16. The summed E-state index contributed by atoms with van der Waals surface area (Å²) in [5.41, 5.74) is 3.00. The second kappa shape index (κ2) is 11.3. The zero-order valence-corrected chi connectivity index (χ0v) is 15.4. The molecule has 1 aliphatic heterocycles. The number of amides is 3. The first-order valence-electron chi connectivity index (χ1n) is 9.45. The summed E-state index contributed by atoms with van der Waals surface area (Å²) in [6, 6.07) is 6.96. The van der Waals surface area contributed by atoms with Crippen molar-refractivity contribution in [1.29, 1.82) is 0 Å². The van der Waals surface area contributed by atoms with Gasteiger partial charge in [0.15, 0.2) is 0 Å². The van der Waals surface area contributed by atoms with E-state index in [1.165, 1.54) is 0 Å². The highest BCUT2D eigenvalue weighted by molar-refractivity contribution is 5.95. The maximum atomic E-state index is 12.0. The first kappa shape index (κ1) is 20.9. The number of rotatable bonds is 10. The molecule has 1 saturated heterocycles. The smallest absolute Gasteiger partial charge is 0.243 e. The minimum atomic E-state index is -0.383. The third-order valence-corrected chi connectivity index (χ3v) is 4.50. The lowest BCUT2D eigenvalue weighted by atomic mass is 10.1. The Balaban J connectivity index is 1.62. The van der Waals surface area contributed by atoms with E-state index >= 15 is 0 Å². The number of hydrogen-bond donors (Lipinski definition) is 5. The van der Waals surface area contributed by atoms with Crippen LogP contribution < -0.4 is 21.4 Å². The number of hydroxylamine groups is 1. The molecule has 1 unspecified atom stereocenters. The molecular weight excluding hydrogens is 348 g/mol. The van der Waals surface area contributed by atoms with Crippen LogP contribution in [-0.2, 0) is 14.4 Å². The molecule has 27 heavy (non-hydrogen) atoms. The summed E-state index contributed by atoms with van der Waals surface area (Å²) in [5, 5.41) is 17.2. The molecular formula is C19H28N4O4. The van der Waals surface area contributed by atoms with Crippen molar-refractivity contribution in [3.8, 4) is 0 Å². The van der Waals surface area contributed by atoms with Gasteiger partial charge in [0.05, 0.1) is 6.04 Å². The summed E-state index contributed by atoms with van der Waals surface area (Å²) in [6.45, 7) is 0.876. The van der Waals surface area contributed by atoms with E-state index in [9.17, 15) is 14.4 Å². The van der Waals surface area contributed by atoms with E-state index in [1.807, 2.05) is 0 Å². The Labute approximate surface area is 159 Å². The van der Waals surface area contributed by atoms with Crippen molar-refractivity contribution in [3.63, 3.8) is 0 Å². The second-order valence-electron chi connectivity index (χ2n) is 6.71. The van der Waals surface area contributed by atoms with Crippen LogP contribution in [0.3, 0.4) is 0 Å². The number of anilines is 2. The van der Waals surface area contributed by atoms with E-state index < -0.39 is 0 Å². The van der Waals surface area contributed by atoms with Crippen LogP contribution in [0.15, 0.2) is 24.3 Å². The highest BCUT2D eigenvalue weighted by atomic mass is 16.5. The van der Waals surface area contributed by atoms with Crippen molar-refractivity contribution in [1.82, 2.24) is 10.8 Å². The van der Waals surface area contributed by atoms with Gasteiger partial charge in [-0.05, 0) is 56.5 Å². The number of benzene rings is 1. The van der Waals surface area contributed by atoms with Gasteiger partial charge < -0.3 is 16.0 Å². The van der Waals surface area contributed by atoms with Crippen LogP contribution in [-0.4, -0.2) is 35.5 Å². The monoisotopic (exact) mass is 376 g/mol. The molecule has 5 N–H and O–H groups in total. The van der Waals surface area contributed by atoms with Crippen molar-refractivity contribution in [3.05, 3.63) is 24.3 Å². The van der Waals surface area contributed by atoms with Crippen molar-refractivity contribution < 1.29 is 19.6 Å². The first-order chi connectivity index (χ1) is 13.1. The number of unbranched alkanes of at least 4 members (excludes halogenated alkanes) is 3. The summed E-state index contributed by atoms with van der Waals surface area (Å²) in [4.78, 5) is 34.9. The average Bonchev–Trinajstić information content (AvgIpc) is 3.21. The van der Waals surface area contributed by atoms with E-state index in [-0.39, 0.29) is 23.8 Å². The molecule has 1 fully saturated rings. The molecule has 0 radical (unpaired) electrons. The Kier molecular flexibility index (Phi) is 8.73. The molecule has 1 atom stereocenters. The Bertz CT molecular complexity index is 627. The predicted molar refractivity (Wildman–Crippen MR) is 102 cm³/mol. The van der Waals surface area contributed by atoms with Gasteiger partial charge in [0, 0.05) is 24.2 Å². The average molecular weight is 376 g/mol. The normalized spacial score (nSPS) is 16.0. The van der Waals surface area contributed by atoms with E-state index in [0.29, 0.717) is 30.6 Å². The van der Waals surface area contributed by atoms with Crippen molar-refractivity contribution in [2.24, 2.45) is 0 Å². The van der Waals surface area contributed by atoms with Gasteiger partial charge >= 0.3 is 0 Å². The maximum absolute atomic E-state index is 12.0. The summed E-state index contributed by atoms with van der Waals surface area (Å²) in [6.07, 6.45) is 5.71. The molecule has 0 aliphatic carbocycles. The molecule has 8 nitrogen and oxygen atoms in total. The van der Waals surface area contributed by atoms with Crippen LogP contribution >= 0.6 is 0 Å². The second-order valence-corrected chi connectivity index (χ2v) is 6.71. The highest BCUT2D eigenvalue weighted by Gasteiger charge is 2.21. The summed E-state index contributed by atoms with van der Waals surface area (Å²) >= 11 is 0. The zero-order chi connectivity index (χ0) is 19.5. The maximum Gasteiger partial charge on any atom is 0.243 e. The zero-order valence-electron chi connectivity index (χ0n) is 15.4. The van der Waals surface area contributed by atoms with Crippen LogP contribution in [0.25, 0.3) is 0 Å². The van der Waals surface area contributed by atoms with Gasteiger partial charge in [-0.1, -0.05) is 12.8 Å². The van der Waals surface area contributed by atoms with Gasteiger partial charge in [0.1, 0.15) is 0 Å². The quantitative estimate of drug-likeness (QED) is 0.243. The number of carbonyl (C=O) groups excluding carboxylic acids is 3. The van der Waals surface area contributed by atoms with Crippen molar-refractivity contribution >= 4 is 29.1 Å². The van der Waals surface area contributed by atoms with Gasteiger partial charge in [-0.15, -0.1) is 0 Å². The van der Waals surface area contributed by atoms with E-state index in [1.54, 1.807) is 29.7 Å². The SMILES string of the molecule is O=C(CCCCCCC(=O)Nc1ccc(NC(=O)C2CCCN2)cc1)NO. The Hall–Kier alpha value is -2.45. The molecule has 8 heteroatoms. The molecule has 3 amide bonds. The lowest BCUT2D eigenvalue weighted by Crippen LogP contribution is -2.35. The lowest BCUT2D eigenvalue weighted by Gasteiger charge is -2.11. The largest absolute Gasteiger partial charge is 0.326 e. The minimum absolute atomic E-state index is 0.0271. The van der Waals surface area contributed by atoms with E-state index in [0.717, 1.165) is 38.6 Å².